The molecule has 2 amide bonds. The Morgan fingerprint density at radius 1 is 0.852 bits per heavy atom. The number of hydrogen-bond acceptors (Lipinski definition) is 6. The third-order valence-corrected chi connectivity index (χ3v) is 3.87. The van der Waals surface area contributed by atoms with Crippen LogP contribution in [0.4, 0.5) is 0 Å². The molecule has 8 nitrogen and oxygen atoms in total. The van der Waals surface area contributed by atoms with Crippen molar-refractivity contribution in [2.75, 3.05) is 21.3 Å². The van der Waals surface area contributed by atoms with Crippen LogP contribution in [0.3, 0.4) is 0 Å². The highest BCUT2D eigenvalue weighted by molar-refractivity contribution is 6.00. The van der Waals surface area contributed by atoms with Crippen molar-refractivity contribution in [2.24, 2.45) is 0 Å². The summed E-state index contributed by atoms with van der Waals surface area (Å²) in [5, 5.41) is 0.790. The Hall–Kier alpha value is -3.68. The predicted octanol–water partition coefficient (Wildman–Crippen LogP) is 2.53. The Labute approximate surface area is 155 Å². The van der Waals surface area contributed by atoms with Gasteiger partial charge in [0.05, 0.1) is 21.3 Å². The summed E-state index contributed by atoms with van der Waals surface area (Å²) in [6.45, 7) is 0. The van der Waals surface area contributed by atoms with Gasteiger partial charge in [0, 0.05) is 10.9 Å². The van der Waals surface area contributed by atoms with Gasteiger partial charge in [-0.2, -0.15) is 0 Å². The van der Waals surface area contributed by atoms with Crippen molar-refractivity contribution in [1.29, 1.82) is 0 Å². The van der Waals surface area contributed by atoms with Gasteiger partial charge in [0.1, 0.15) is 5.58 Å². The zero-order valence-corrected chi connectivity index (χ0v) is 15.0. The Kier molecular flexibility index (Phi) is 5.16. The maximum absolute atomic E-state index is 12.4. The van der Waals surface area contributed by atoms with E-state index in [0.29, 0.717) is 22.8 Å². The molecule has 3 rings (SSSR count). The zero-order valence-electron chi connectivity index (χ0n) is 15.0. The molecule has 8 heteroatoms. The number of hydrogen-bond donors (Lipinski definition) is 2. The molecule has 0 saturated heterocycles. The van der Waals surface area contributed by atoms with Crippen molar-refractivity contribution in [2.45, 2.75) is 0 Å². The lowest BCUT2D eigenvalue weighted by atomic mass is 10.1. The van der Waals surface area contributed by atoms with Gasteiger partial charge in [-0.1, -0.05) is 18.2 Å². The molecule has 2 N–H and O–H groups in total. The van der Waals surface area contributed by atoms with E-state index in [9.17, 15) is 9.59 Å². The lowest BCUT2D eigenvalue weighted by Crippen LogP contribution is -2.41. The average Bonchev–Trinajstić information content (AvgIpc) is 3.14. The number of carbonyl (C=O) groups is 2. The van der Waals surface area contributed by atoms with E-state index in [1.807, 2.05) is 12.1 Å². The number of para-hydroxylation sites is 1. The smallest absolute Gasteiger partial charge is 0.305 e. The van der Waals surface area contributed by atoms with Crippen LogP contribution in [0, 0.1) is 0 Å². The van der Waals surface area contributed by atoms with Gasteiger partial charge in [0.15, 0.2) is 17.3 Å². The molecule has 140 valence electrons. The molecule has 1 aromatic heterocycles. The summed E-state index contributed by atoms with van der Waals surface area (Å²) in [5.41, 5.74) is 5.45. The molecule has 1 heterocycles. The molecule has 0 aliphatic rings. The van der Waals surface area contributed by atoms with E-state index >= 15 is 0 Å². The van der Waals surface area contributed by atoms with Crippen molar-refractivity contribution in [3.8, 4) is 17.2 Å². The molecule has 0 saturated carbocycles. The van der Waals surface area contributed by atoms with E-state index < -0.39 is 11.8 Å². The summed E-state index contributed by atoms with van der Waals surface area (Å²) in [5.74, 6) is -0.0359. The molecule has 0 radical (unpaired) electrons. The first-order valence-corrected chi connectivity index (χ1v) is 7.96. The van der Waals surface area contributed by atoms with Crippen molar-refractivity contribution in [3.63, 3.8) is 0 Å². The van der Waals surface area contributed by atoms with Gasteiger partial charge in [0.2, 0.25) is 5.75 Å². The highest BCUT2D eigenvalue weighted by Gasteiger charge is 2.18. The van der Waals surface area contributed by atoms with Gasteiger partial charge in [-0.3, -0.25) is 20.4 Å². The van der Waals surface area contributed by atoms with Gasteiger partial charge in [0.25, 0.3) is 5.91 Å². The highest BCUT2D eigenvalue weighted by Crippen LogP contribution is 2.38. The number of ether oxygens (including phenoxy) is 3. The zero-order chi connectivity index (χ0) is 19.4. The highest BCUT2D eigenvalue weighted by atomic mass is 16.5. The molecular formula is C19H18N2O6. The van der Waals surface area contributed by atoms with Crippen molar-refractivity contribution in [1.82, 2.24) is 10.9 Å². The molecule has 3 aromatic rings. The summed E-state index contributed by atoms with van der Waals surface area (Å²) in [6.07, 6.45) is 0. The van der Waals surface area contributed by atoms with Crippen molar-refractivity contribution >= 4 is 22.8 Å². The maximum atomic E-state index is 12.4. The van der Waals surface area contributed by atoms with Gasteiger partial charge >= 0.3 is 5.91 Å². The van der Waals surface area contributed by atoms with Crippen LogP contribution in [0.25, 0.3) is 11.0 Å². The van der Waals surface area contributed by atoms with Crippen LogP contribution < -0.4 is 25.1 Å². The number of methoxy groups -OCH3 is 3. The number of carbonyl (C=O) groups excluding carboxylic acids is 2. The van der Waals surface area contributed by atoms with Crippen LogP contribution in [0.15, 0.2) is 46.9 Å². The molecule has 0 bridgehead atoms. The average molecular weight is 370 g/mol. The van der Waals surface area contributed by atoms with Crippen LogP contribution in [-0.4, -0.2) is 33.1 Å². The Balaban J connectivity index is 1.74. The second kappa shape index (κ2) is 7.69. The number of hydrazine groups is 1. The SMILES string of the molecule is COc1cc(C(=O)NNC(=O)c2cc3ccccc3o2)cc(OC)c1OC. The van der Waals surface area contributed by atoms with E-state index in [-0.39, 0.29) is 11.3 Å². The third-order valence-electron chi connectivity index (χ3n) is 3.87. The molecule has 0 unspecified atom stereocenters. The lowest BCUT2D eigenvalue weighted by Gasteiger charge is -2.14. The van der Waals surface area contributed by atoms with Gasteiger partial charge < -0.3 is 18.6 Å². The second-order valence-corrected chi connectivity index (χ2v) is 5.47. The topological polar surface area (TPSA) is 99.0 Å². The fourth-order valence-electron chi connectivity index (χ4n) is 2.55. The third kappa shape index (κ3) is 3.64. The molecule has 27 heavy (non-hydrogen) atoms. The monoisotopic (exact) mass is 370 g/mol. The minimum absolute atomic E-state index is 0.0846. The van der Waals surface area contributed by atoms with Gasteiger partial charge in [-0.25, -0.2) is 0 Å². The van der Waals surface area contributed by atoms with Crippen LogP contribution >= 0.6 is 0 Å². The van der Waals surface area contributed by atoms with Crippen LogP contribution in [0.2, 0.25) is 0 Å². The summed E-state index contributed by atoms with van der Waals surface area (Å²) >= 11 is 0. The first kappa shape index (κ1) is 18.1. The van der Waals surface area contributed by atoms with E-state index in [2.05, 4.69) is 10.9 Å². The van der Waals surface area contributed by atoms with Crippen LogP contribution in [0.5, 0.6) is 17.2 Å². The van der Waals surface area contributed by atoms with E-state index in [4.69, 9.17) is 18.6 Å². The van der Waals surface area contributed by atoms with Crippen molar-refractivity contribution < 1.29 is 28.2 Å². The van der Waals surface area contributed by atoms with Gasteiger partial charge in [-0.05, 0) is 24.3 Å². The van der Waals surface area contributed by atoms with E-state index in [0.717, 1.165) is 5.39 Å². The lowest BCUT2D eigenvalue weighted by molar-refractivity contribution is 0.0832. The fourth-order valence-corrected chi connectivity index (χ4v) is 2.55. The molecule has 2 aromatic carbocycles. The number of benzene rings is 2. The fraction of sp³-hybridized carbons (Fsp3) is 0.158. The number of rotatable bonds is 5. The number of amides is 2. The summed E-state index contributed by atoms with van der Waals surface area (Å²) < 4.78 is 21.1. The predicted molar refractivity (Wildman–Crippen MR) is 97.2 cm³/mol. The Bertz CT molecular complexity index is 937. The van der Waals surface area contributed by atoms with Crippen molar-refractivity contribution in [3.05, 3.63) is 53.8 Å². The summed E-state index contributed by atoms with van der Waals surface area (Å²) in [7, 11) is 4.36. The molecule has 0 aliphatic carbocycles. The normalized spacial score (nSPS) is 10.3. The van der Waals surface area contributed by atoms with E-state index in [1.54, 1.807) is 18.2 Å². The molecule has 0 spiro atoms. The number of fused-ring (bicyclic) bond motifs is 1. The number of nitrogens with one attached hydrogen (secondary N) is 2. The molecule has 0 aliphatic heterocycles. The Morgan fingerprint density at radius 2 is 1.48 bits per heavy atom. The quantitative estimate of drug-likeness (QED) is 0.670. The second-order valence-electron chi connectivity index (χ2n) is 5.47. The molecule has 0 fully saturated rings. The summed E-state index contributed by atoms with van der Waals surface area (Å²) in [4.78, 5) is 24.6. The summed E-state index contributed by atoms with van der Waals surface area (Å²) in [6, 6.07) is 11.8. The first-order valence-electron chi connectivity index (χ1n) is 7.96. The number of furan rings is 1. The minimum atomic E-state index is -0.577. The minimum Gasteiger partial charge on any atom is -0.493 e. The standard InChI is InChI=1S/C19H18N2O6/c1-24-14-9-12(10-15(25-2)17(14)26-3)18(22)20-21-19(23)16-8-11-6-4-5-7-13(11)27-16/h4-10H,1-3H3,(H,20,22)(H,21,23). The van der Waals surface area contributed by atoms with Gasteiger partial charge in [-0.15, -0.1) is 0 Å². The molecule has 0 atom stereocenters. The Morgan fingerprint density at radius 3 is 2.07 bits per heavy atom. The molecular weight excluding hydrogens is 352 g/mol. The van der Waals surface area contributed by atoms with Crippen LogP contribution in [0.1, 0.15) is 20.9 Å². The largest absolute Gasteiger partial charge is 0.493 e. The van der Waals surface area contributed by atoms with E-state index in [1.165, 1.54) is 33.5 Å². The first-order chi connectivity index (χ1) is 13.1. The van der Waals surface area contributed by atoms with Crippen LogP contribution in [-0.2, 0) is 0 Å². The maximum Gasteiger partial charge on any atom is 0.305 e.